The van der Waals surface area contributed by atoms with Gasteiger partial charge in [0.25, 0.3) is 0 Å². The number of benzene rings is 7. The van der Waals surface area contributed by atoms with Gasteiger partial charge < -0.3 is 5.32 Å². The zero-order chi connectivity index (χ0) is 31.2. The molecule has 0 bridgehead atoms. The zero-order valence-electron chi connectivity index (χ0n) is 25.5. The van der Waals surface area contributed by atoms with E-state index in [1.165, 1.54) is 53.2 Å². The Morgan fingerprint density at radius 3 is 1.74 bits per heavy atom. The summed E-state index contributed by atoms with van der Waals surface area (Å²) in [5.74, 6) is 1.65. The monoisotopic (exact) mass is 619 g/mol. The number of thiophene rings is 1. The fourth-order valence-corrected chi connectivity index (χ4v) is 7.56. The highest BCUT2D eigenvalue weighted by molar-refractivity contribution is 7.25. The van der Waals surface area contributed by atoms with Gasteiger partial charge in [-0.15, -0.1) is 11.3 Å². The van der Waals surface area contributed by atoms with Gasteiger partial charge >= 0.3 is 0 Å². The first-order chi connectivity index (χ1) is 23.2. The summed E-state index contributed by atoms with van der Waals surface area (Å²) >= 11 is 1.86. The summed E-state index contributed by atoms with van der Waals surface area (Å²) in [5.41, 5.74) is 8.00. The van der Waals surface area contributed by atoms with Crippen molar-refractivity contribution >= 4 is 54.0 Å². The van der Waals surface area contributed by atoms with Gasteiger partial charge in [0, 0.05) is 31.3 Å². The largest absolute Gasteiger partial charge is 0.324 e. The van der Waals surface area contributed by atoms with Gasteiger partial charge in [-0.05, 0) is 75.0 Å². The number of aliphatic imine (C=N–C) groups is 2. The van der Waals surface area contributed by atoms with Crippen LogP contribution in [0.25, 0.3) is 53.2 Å². The molecule has 0 saturated heterocycles. The summed E-state index contributed by atoms with van der Waals surface area (Å²) in [5, 5.41) is 8.54. The third kappa shape index (κ3) is 5.19. The molecule has 1 unspecified atom stereocenters. The number of nitrogens with one attached hydrogen (secondary N) is 1. The van der Waals surface area contributed by atoms with Crippen molar-refractivity contribution in [2.75, 3.05) is 0 Å². The van der Waals surface area contributed by atoms with E-state index >= 15 is 0 Å². The van der Waals surface area contributed by atoms with Crippen molar-refractivity contribution in [2.45, 2.75) is 6.17 Å². The number of rotatable bonds is 5. The topological polar surface area (TPSA) is 36.8 Å². The van der Waals surface area contributed by atoms with Crippen molar-refractivity contribution in [1.82, 2.24) is 5.32 Å². The number of nitrogens with zero attached hydrogens (tertiary/aromatic N) is 2. The lowest BCUT2D eigenvalue weighted by Crippen LogP contribution is -2.36. The Labute approximate surface area is 277 Å². The van der Waals surface area contributed by atoms with Crippen molar-refractivity contribution < 1.29 is 0 Å². The third-order valence-electron chi connectivity index (χ3n) is 8.90. The molecule has 1 aliphatic rings. The van der Waals surface area contributed by atoms with Crippen LogP contribution in [0.5, 0.6) is 0 Å². The van der Waals surface area contributed by atoms with E-state index in [9.17, 15) is 0 Å². The standard InChI is InChI=1S/C43H29N3S/c1-3-10-28(11-4-1)41-44-42(29-12-5-2-6-13-29)46-43(45-41)36-21-20-33-25-32(18-19-34(33)26-36)30-14-9-15-31(24-30)35-22-23-40-38(27-35)37-16-7-8-17-39(37)47-40/h1-27,41H,(H,44,45,46). The Hall–Kier alpha value is -5.84. The van der Waals surface area contributed by atoms with Crippen LogP contribution in [0.4, 0.5) is 0 Å². The second-order valence-corrected chi connectivity index (χ2v) is 13.0. The molecule has 8 aromatic rings. The van der Waals surface area contributed by atoms with E-state index in [1.54, 1.807) is 0 Å². The molecule has 47 heavy (non-hydrogen) atoms. The Morgan fingerprint density at radius 1 is 0.404 bits per heavy atom. The average Bonchev–Trinajstić information content (AvgIpc) is 3.53. The average molecular weight is 620 g/mol. The van der Waals surface area contributed by atoms with Crippen molar-refractivity contribution in [3.63, 3.8) is 0 Å². The van der Waals surface area contributed by atoms with Gasteiger partial charge in [-0.3, -0.25) is 0 Å². The van der Waals surface area contributed by atoms with Gasteiger partial charge in [-0.25, -0.2) is 9.98 Å². The molecule has 1 N–H and O–H groups in total. The molecular formula is C43H29N3S. The molecule has 1 aliphatic heterocycles. The van der Waals surface area contributed by atoms with E-state index in [2.05, 4.69) is 133 Å². The molecule has 1 atom stereocenters. The lowest BCUT2D eigenvalue weighted by Gasteiger charge is -2.22. The van der Waals surface area contributed by atoms with Crippen LogP contribution in [-0.4, -0.2) is 11.7 Å². The minimum atomic E-state index is -0.313. The third-order valence-corrected chi connectivity index (χ3v) is 10.1. The SMILES string of the molecule is c1ccc(C2=NC(c3ccccc3)N=C(c3ccc4cc(-c5cccc(-c6ccc7sc8ccccc8c7c6)c5)ccc4c3)N2)cc1. The summed E-state index contributed by atoms with van der Waals surface area (Å²) in [6, 6.07) is 58.2. The number of amidine groups is 2. The van der Waals surface area contributed by atoms with E-state index in [0.29, 0.717) is 0 Å². The molecule has 3 nitrogen and oxygen atoms in total. The summed E-state index contributed by atoms with van der Waals surface area (Å²) in [4.78, 5) is 10.0. The van der Waals surface area contributed by atoms with Crippen molar-refractivity contribution in [3.8, 4) is 22.3 Å². The lowest BCUT2D eigenvalue weighted by atomic mass is 9.96. The minimum Gasteiger partial charge on any atom is -0.324 e. The predicted molar refractivity (Wildman–Crippen MR) is 200 cm³/mol. The van der Waals surface area contributed by atoms with E-state index in [0.717, 1.165) is 28.4 Å². The van der Waals surface area contributed by atoms with Gasteiger partial charge in [-0.2, -0.15) is 0 Å². The van der Waals surface area contributed by atoms with E-state index in [4.69, 9.17) is 9.98 Å². The first-order valence-electron chi connectivity index (χ1n) is 15.8. The summed E-state index contributed by atoms with van der Waals surface area (Å²) in [7, 11) is 0. The molecule has 0 saturated carbocycles. The number of fused-ring (bicyclic) bond motifs is 4. The molecule has 222 valence electrons. The smallest absolute Gasteiger partial charge is 0.169 e. The number of hydrogen-bond acceptors (Lipinski definition) is 4. The Morgan fingerprint density at radius 2 is 0.957 bits per heavy atom. The first-order valence-corrected chi connectivity index (χ1v) is 16.7. The molecule has 7 aromatic carbocycles. The van der Waals surface area contributed by atoms with Crippen molar-refractivity contribution in [2.24, 2.45) is 9.98 Å². The Balaban J connectivity index is 1.04. The molecule has 0 spiro atoms. The summed E-state index contributed by atoms with van der Waals surface area (Å²) in [6.07, 6.45) is -0.313. The number of hydrogen-bond donors (Lipinski definition) is 1. The van der Waals surface area contributed by atoms with Gasteiger partial charge in [-0.1, -0.05) is 127 Å². The van der Waals surface area contributed by atoms with Crippen LogP contribution in [0, 0.1) is 0 Å². The van der Waals surface area contributed by atoms with Gasteiger partial charge in [0.15, 0.2) is 6.17 Å². The molecule has 9 rings (SSSR count). The Kier molecular flexibility index (Phi) is 6.72. The maximum absolute atomic E-state index is 5.06. The molecule has 2 heterocycles. The first kappa shape index (κ1) is 27.5. The highest BCUT2D eigenvalue weighted by Gasteiger charge is 2.20. The normalized spacial score (nSPS) is 14.6. The zero-order valence-corrected chi connectivity index (χ0v) is 26.3. The fraction of sp³-hybridized carbons (Fsp3) is 0.0233. The van der Waals surface area contributed by atoms with Gasteiger partial charge in [0.05, 0.1) is 0 Å². The van der Waals surface area contributed by atoms with Crippen molar-refractivity contribution in [3.05, 3.63) is 180 Å². The summed E-state index contributed by atoms with van der Waals surface area (Å²) < 4.78 is 2.66. The quantitative estimate of drug-likeness (QED) is 0.204. The van der Waals surface area contributed by atoms with E-state index < -0.39 is 0 Å². The molecule has 0 aliphatic carbocycles. The van der Waals surface area contributed by atoms with Crippen LogP contribution < -0.4 is 5.32 Å². The molecule has 0 fully saturated rings. The second kappa shape index (κ2) is 11.5. The second-order valence-electron chi connectivity index (χ2n) is 11.9. The van der Waals surface area contributed by atoms with Crippen LogP contribution in [-0.2, 0) is 0 Å². The molecule has 4 heteroatoms. The molecular weight excluding hydrogens is 591 g/mol. The predicted octanol–water partition coefficient (Wildman–Crippen LogP) is 11.0. The van der Waals surface area contributed by atoms with Crippen LogP contribution in [0.2, 0.25) is 0 Å². The molecule has 0 radical (unpaired) electrons. The summed E-state index contributed by atoms with van der Waals surface area (Å²) in [6.45, 7) is 0. The Bertz CT molecular complexity index is 2490. The van der Waals surface area contributed by atoms with Crippen LogP contribution in [0.1, 0.15) is 22.9 Å². The van der Waals surface area contributed by atoms with E-state index in [1.807, 2.05) is 47.7 Å². The maximum Gasteiger partial charge on any atom is 0.169 e. The maximum atomic E-state index is 5.06. The highest BCUT2D eigenvalue weighted by atomic mass is 32.1. The van der Waals surface area contributed by atoms with Gasteiger partial charge in [0.2, 0.25) is 0 Å². The fourth-order valence-electron chi connectivity index (χ4n) is 6.47. The minimum absolute atomic E-state index is 0.313. The molecule has 1 aromatic heterocycles. The van der Waals surface area contributed by atoms with E-state index in [-0.39, 0.29) is 6.17 Å². The highest BCUT2D eigenvalue weighted by Crippen LogP contribution is 2.37. The van der Waals surface area contributed by atoms with Crippen LogP contribution in [0.3, 0.4) is 0 Å². The molecule has 0 amide bonds. The van der Waals surface area contributed by atoms with Crippen LogP contribution in [0.15, 0.2) is 174 Å². The van der Waals surface area contributed by atoms with Gasteiger partial charge in [0.1, 0.15) is 11.7 Å². The van der Waals surface area contributed by atoms with Crippen LogP contribution >= 0.6 is 11.3 Å². The van der Waals surface area contributed by atoms with Crippen molar-refractivity contribution in [1.29, 1.82) is 0 Å². The lowest BCUT2D eigenvalue weighted by molar-refractivity contribution is 0.756.